The predicted octanol–water partition coefficient (Wildman–Crippen LogP) is 15.3. The first-order valence-electron chi connectivity index (χ1n) is 24.1. The van der Waals surface area contributed by atoms with Gasteiger partial charge >= 0.3 is 11.9 Å². The summed E-state index contributed by atoms with van der Waals surface area (Å²) in [5.41, 5.74) is 0. The third-order valence-electron chi connectivity index (χ3n) is 10.4. The Kier molecular flexibility index (Phi) is 44.0. The summed E-state index contributed by atoms with van der Waals surface area (Å²) in [6.07, 6.45) is 63.3. The molecule has 0 radical (unpaired) electrons. The highest BCUT2D eigenvalue weighted by molar-refractivity contribution is 5.80. The van der Waals surface area contributed by atoms with Gasteiger partial charge in [-0.2, -0.15) is 0 Å². The number of hydrogen-bond donors (Lipinski definition) is 2. The molecule has 0 heterocycles. The summed E-state index contributed by atoms with van der Waals surface area (Å²) in [6, 6.07) is 0. The Hall–Kier alpha value is -3.15. The van der Waals surface area contributed by atoms with Crippen LogP contribution in [-0.2, 0) is 19.1 Å². The summed E-state index contributed by atoms with van der Waals surface area (Å²) in [6.45, 7) is 4.10. The van der Waals surface area contributed by atoms with Crippen LogP contribution in [0.15, 0.2) is 72.9 Å². The van der Waals surface area contributed by atoms with Crippen molar-refractivity contribution in [2.24, 2.45) is 0 Å². The molecule has 58 heavy (non-hydrogen) atoms. The molecule has 2 N–H and O–H groups in total. The van der Waals surface area contributed by atoms with Crippen molar-refractivity contribution < 1.29 is 24.2 Å². The molecule has 1 atom stereocenters. The van der Waals surface area contributed by atoms with Crippen LogP contribution < -0.4 is 5.32 Å². The fourth-order valence-electron chi connectivity index (χ4n) is 6.83. The Balaban J connectivity index is 4.15. The minimum Gasteiger partial charge on any atom is -0.480 e. The van der Waals surface area contributed by atoms with Crippen molar-refractivity contribution in [3.8, 4) is 0 Å². The van der Waals surface area contributed by atoms with Crippen LogP contribution in [0, 0.1) is 0 Å². The molecule has 0 aliphatic carbocycles. The molecule has 0 saturated carbocycles. The molecule has 0 aromatic rings. The van der Waals surface area contributed by atoms with E-state index >= 15 is 0 Å². The number of ether oxygens (including phenoxy) is 1. The Bertz CT molecular complexity index is 1120. The number of carboxylic acids is 1. The van der Waals surface area contributed by atoms with Crippen LogP contribution in [0.4, 0.5) is 0 Å². The second-order valence-electron chi connectivity index (χ2n) is 16.0. The maximum atomic E-state index is 12.8. The van der Waals surface area contributed by atoms with E-state index in [0.29, 0.717) is 12.8 Å². The number of carbonyl (C=O) groups excluding carboxylic acids is 2. The normalized spacial score (nSPS) is 12.7. The molecular formula is C52H89NO5. The first-order chi connectivity index (χ1) is 28.5. The fraction of sp³-hybridized carbons (Fsp3) is 0.712. The minimum absolute atomic E-state index is 0.0557. The average molecular weight is 808 g/mol. The summed E-state index contributed by atoms with van der Waals surface area (Å²) in [5, 5.41) is 11.1. The number of aliphatic carboxylic acids is 1. The van der Waals surface area contributed by atoms with Crippen LogP contribution in [0.25, 0.3) is 0 Å². The van der Waals surface area contributed by atoms with Gasteiger partial charge in [-0.05, 0) is 96.3 Å². The number of amides is 1. The number of unbranched alkanes of at least 4 members (excludes halogenated alkanes) is 20. The maximum absolute atomic E-state index is 12.8. The van der Waals surface area contributed by atoms with Crippen LogP contribution in [0.2, 0.25) is 0 Å². The summed E-state index contributed by atoms with van der Waals surface area (Å²) >= 11 is 0. The van der Waals surface area contributed by atoms with Gasteiger partial charge in [0.1, 0.15) is 12.6 Å². The number of carboxylic acid groups (broad SMARTS) is 1. The molecule has 0 aromatic carbocycles. The van der Waals surface area contributed by atoms with Crippen LogP contribution in [-0.4, -0.2) is 35.6 Å². The van der Waals surface area contributed by atoms with Crippen molar-refractivity contribution in [2.45, 2.75) is 232 Å². The Morgan fingerprint density at radius 3 is 1.38 bits per heavy atom. The van der Waals surface area contributed by atoms with E-state index in [4.69, 9.17) is 9.84 Å². The third-order valence-corrected chi connectivity index (χ3v) is 10.4. The van der Waals surface area contributed by atoms with Crippen molar-refractivity contribution in [3.05, 3.63) is 72.9 Å². The van der Waals surface area contributed by atoms with E-state index in [9.17, 15) is 14.4 Å². The molecule has 0 aliphatic rings. The van der Waals surface area contributed by atoms with E-state index < -0.39 is 5.97 Å². The van der Waals surface area contributed by atoms with Gasteiger partial charge < -0.3 is 15.2 Å². The summed E-state index contributed by atoms with van der Waals surface area (Å²) in [4.78, 5) is 35.1. The molecule has 0 aliphatic heterocycles. The highest BCUT2D eigenvalue weighted by Gasteiger charge is 2.14. The van der Waals surface area contributed by atoms with Crippen molar-refractivity contribution in [1.82, 2.24) is 5.32 Å². The molecule has 0 saturated heterocycles. The van der Waals surface area contributed by atoms with Crippen LogP contribution in [0.1, 0.15) is 226 Å². The van der Waals surface area contributed by atoms with Crippen LogP contribution in [0.5, 0.6) is 0 Å². The largest absolute Gasteiger partial charge is 0.480 e. The molecule has 6 heteroatoms. The van der Waals surface area contributed by atoms with Crippen LogP contribution in [0.3, 0.4) is 0 Å². The maximum Gasteiger partial charge on any atom is 0.322 e. The number of esters is 1. The zero-order valence-corrected chi connectivity index (χ0v) is 37.6. The van der Waals surface area contributed by atoms with Crippen LogP contribution >= 0.6 is 0 Å². The van der Waals surface area contributed by atoms with Crippen molar-refractivity contribution in [2.75, 3.05) is 6.54 Å². The van der Waals surface area contributed by atoms with Crippen molar-refractivity contribution in [1.29, 1.82) is 0 Å². The lowest BCUT2D eigenvalue weighted by molar-refractivity contribution is -0.150. The van der Waals surface area contributed by atoms with E-state index in [1.54, 1.807) is 0 Å². The molecule has 0 bridgehead atoms. The standard InChI is InChI=1S/C52H89NO5/c1-3-5-7-9-11-13-15-17-18-19-20-21-22-23-24-25-26-28-30-32-34-39-43-47-52(57)58-49(45-41-37-35-38-42-46-50(54)53-48-51(55)56)44-40-36-33-31-29-27-16-14-12-10-8-6-4-2/h6,8,12,14-15,17,19-20,27,29,33,36,49H,3-5,7,9-11,13,16,18,21-26,28,30-32,34-35,37-48H2,1-2H3,(H,53,54)(H,55,56)/b8-6-,14-12-,17-15-,20-19-,29-27-,36-33-. The fourth-order valence-corrected chi connectivity index (χ4v) is 6.83. The van der Waals surface area contributed by atoms with E-state index in [1.807, 2.05) is 0 Å². The molecule has 6 nitrogen and oxygen atoms in total. The first-order valence-corrected chi connectivity index (χ1v) is 24.1. The Morgan fingerprint density at radius 2 is 0.879 bits per heavy atom. The molecule has 1 unspecified atom stereocenters. The van der Waals surface area contributed by atoms with Crippen molar-refractivity contribution in [3.63, 3.8) is 0 Å². The average Bonchev–Trinajstić information content (AvgIpc) is 3.21. The van der Waals surface area contributed by atoms with Gasteiger partial charge in [-0.25, -0.2) is 0 Å². The second-order valence-corrected chi connectivity index (χ2v) is 16.0. The summed E-state index contributed by atoms with van der Waals surface area (Å²) in [5.74, 6) is -1.29. The summed E-state index contributed by atoms with van der Waals surface area (Å²) < 4.78 is 6.01. The summed E-state index contributed by atoms with van der Waals surface area (Å²) in [7, 11) is 0. The SMILES string of the molecule is CC/C=C\C/C=C\C/C=C\C/C=C\CCC(CCCCCCCC(=O)NCC(=O)O)OC(=O)CCCCCCCCCCCCC/C=C\C/C=C\CCCCCCC. The quantitative estimate of drug-likeness (QED) is 0.0364. The van der Waals surface area contributed by atoms with Gasteiger partial charge in [0.15, 0.2) is 0 Å². The number of nitrogens with one attached hydrogen (secondary N) is 1. The van der Waals surface area contributed by atoms with E-state index in [1.165, 1.54) is 103 Å². The van der Waals surface area contributed by atoms with Gasteiger partial charge in [-0.3, -0.25) is 14.4 Å². The zero-order chi connectivity index (χ0) is 42.3. The van der Waals surface area contributed by atoms with E-state index in [0.717, 1.165) is 96.3 Å². The minimum atomic E-state index is -1.02. The third kappa shape index (κ3) is 45.6. The molecule has 0 aromatic heterocycles. The lowest BCUT2D eigenvalue weighted by Crippen LogP contribution is -2.28. The topological polar surface area (TPSA) is 92.7 Å². The molecule has 0 fully saturated rings. The highest BCUT2D eigenvalue weighted by atomic mass is 16.5. The van der Waals surface area contributed by atoms with Gasteiger partial charge in [0.05, 0.1) is 0 Å². The molecule has 1 amide bonds. The Morgan fingerprint density at radius 1 is 0.466 bits per heavy atom. The predicted molar refractivity (Wildman–Crippen MR) is 249 cm³/mol. The van der Waals surface area contributed by atoms with Gasteiger partial charge in [-0.15, -0.1) is 0 Å². The number of carbonyl (C=O) groups is 3. The second kappa shape index (κ2) is 46.5. The number of allylic oxidation sites excluding steroid dienone is 12. The first kappa shape index (κ1) is 54.9. The highest BCUT2D eigenvalue weighted by Crippen LogP contribution is 2.18. The van der Waals surface area contributed by atoms with Gasteiger partial charge in [0, 0.05) is 12.8 Å². The zero-order valence-electron chi connectivity index (χ0n) is 37.6. The molecule has 332 valence electrons. The molecular weight excluding hydrogens is 719 g/mol. The lowest BCUT2D eigenvalue weighted by Gasteiger charge is -2.17. The Labute approximate surface area is 357 Å². The van der Waals surface area contributed by atoms with E-state index in [2.05, 4.69) is 92.1 Å². The molecule has 0 rings (SSSR count). The van der Waals surface area contributed by atoms with Gasteiger partial charge in [-0.1, -0.05) is 189 Å². The lowest BCUT2D eigenvalue weighted by atomic mass is 10.0. The van der Waals surface area contributed by atoms with Gasteiger partial charge in [0.2, 0.25) is 5.91 Å². The number of rotatable bonds is 43. The number of hydrogen-bond acceptors (Lipinski definition) is 4. The van der Waals surface area contributed by atoms with Crippen molar-refractivity contribution >= 4 is 17.8 Å². The monoisotopic (exact) mass is 808 g/mol. The molecule has 0 spiro atoms. The van der Waals surface area contributed by atoms with E-state index in [-0.39, 0.29) is 24.5 Å². The van der Waals surface area contributed by atoms with Gasteiger partial charge in [0.25, 0.3) is 0 Å². The smallest absolute Gasteiger partial charge is 0.322 e.